The molecule has 15 heteroatoms. The molecule has 0 bridgehead atoms. The summed E-state index contributed by atoms with van der Waals surface area (Å²) in [6.45, 7) is 1.74. The first-order valence-electron chi connectivity index (χ1n) is 14.5. The lowest BCUT2D eigenvalue weighted by atomic mass is 9.75. The Balaban J connectivity index is 0.000000445. The van der Waals surface area contributed by atoms with Gasteiger partial charge in [0, 0.05) is 24.3 Å². The Kier molecular flexibility index (Phi) is 11.7. The summed E-state index contributed by atoms with van der Waals surface area (Å²) in [6, 6.07) is 8.41. The van der Waals surface area contributed by atoms with Crippen LogP contribution in [-0.4, -0.2) is 70.8 Å². The summed E-state index contributed by atoms with van der Waals surface area (Å²) in [5, 5.41) is 15.7. The summed E-state index contributed by atoms with van der Waals surface area (Å²) in [7, 11) is 2.66. The molecule has 1 saturated heterocycles. The summed E-state index contributed by atoms with van der Waals surface area (Å²) < 4.78 is 112. The number of amides is 1. The molecular weight excluding hydrogens is 649 g/mol. The molecule has 0 spiro atoms. The van der Waals surface area contributed by atoms with Crippen molar-refractivity contribution in [2.45, 2.75) is 86.6 Å². The fourth-order valence-electron chi connectivity index (χ4n) is 6.35. The van der Waals surface area contributed by atoms with Crippen LogP contribution in [0.25, 0.3) is 0 Å². The Morgan fingerprint density at radius 3 is 2.09 bits per heavy atom. The van der Waals surface area contributed by atoms with Gasteiger partial charge in [-0.1, -0.05) is 49.1 Å². The summed E-state index contributed by atoms with van der Waals surface area (Å²) in [4.78, 5) is 23.4. The van der Waals surface area contributed by atoms with Crippen molar-refractivity contribution >= 4 is 21.6 Å². The van der Waals surface area contributed by atoms with Gasteiger partial charge < -0.3 is 19.8 Å². The average Bonchev–Trinajstić information content (AvgIpc) is 3.49. The van der Waals surface area contributed by atoms with E-state index in [-0.39, 0.29) is 50.1 Å². The lowest BCUT2D eigenvalue weighted by Crippen LogP contribution is -2.50. The SMILES string of the molecule is Cc1ccc(F)cc1.O=C(N1CC2Oc3cc(C(F)(C(F)(F)F)C(F)(F)F)ccc3C2(CCCO)C1)C1(P)CCCCC1.O=CO. The molecule has 2 aromatic rings. The van der Waals surface area contributed by atoms with Crippen LogP contribution in [0.1, 0.15) is 61.6 Å². The zero-order valence-electron chi connectivity index (χ0n) is 24.9. The molecule has 2 fully saturated rings. The van der Waals surface area contributed by atoms with Crippen molar-refractivity contribution in [3.63, 3.8) is 0 Å². The largest absolute Gasteiger partial charge is 0.487 e. The third kappa shape index (κ3) is 7.43. The highest BCUT2D eigenvalue weighted by molar-refractivity contribution is 7.21. The van der Waals surface area contributed by atoms with Crippen molar-refractivity contribution in [3.8, 4) is 5.75 Å². The molecule has 1 saturated carbocycles. The van der Waals surface area contributed by atoms with Gasteiger partial charge >= 0.3 is 18.0 Å². The quantitative estimate of drug-likeness (QED) is 0.201. The zero-order chi connectivity index (χ0) is 34.6. The van der Waals surface area contributed by atoms with Crippen LogP contribution in [0.5, 0.6) is 5.75 Å². The molecule has 46 heavy (non-hydrogen) atoms. The summed E-state index contributed by atoms with van der Waals surface area (Å²) in [6.07, 6.45) is -8.33. The number of likely N-dealkylation sites (tertiary alicyclic amines) is 1. The number of nitrogens with zero attached hydrogens (tertiary/aromatic N) is 1. The summed E-state index contributed by atoms with van der Waals surface area (Å²) in [5.41, 5.74) is -6.66. The van der Waals surface area contributed by atoms with Crippen LogP contribution in [-0.2, 0) is 20.7 Å². The van der Waals surface area contributed by atoms with Gasteiger partial charge in [-0.15, -0.1) is 9.24 Å². The number of hydrogen-bond acceptors (Lipinski definition) is 4. The van der Waals surface area contributed by atoms with Crippen LogP contribution in [0.2, 0.25) is 0 Å². The number of halogens is 8. The molecule has 0 aromatic heterocycles. The molecule has 3 aliphatic rings. The van der Waals surface area contributed by atoms with Gasteiger partial charge in [-0.3, -0.25) is 9.59 Å². The lowest BCUT2D eigenvalue weighted by molar-refractivity contribution is -0.348. The van der Waals surface area contributed by atoms with E-state index in [9.17, 15) is 45.0 Å². The Bertz CT molecular complexity index is 1310. The summed E-state index contributed by atoms with van der Waals surface area (Å²) in [5.74, 6) is -0.513. The predicted molar refractivity (Wildman–Crippen MR) is 156 cm³/mol. The van der Waals surface area contributed by atoms with Crippen molar-refractivity contribution in [3.05, 3.63) is 65.0 Å². The van der Waals surface area contributed by atoms with Crippen LogP contribution < -0.4 is 4.74 Å². The number of ether oxygens (including phenoxy) is 1. The number of alkyl halides is 7. The van der Waals surface area contributed by atoms with Crippen molar-refractivity contribution in [2.24, 2.45) is 0 Å². The van der Waals surface area contributed by atoms with E-state index in [1.54, 1.807) is 17.0 Å². The zero-order valence-corrected chi connectivity index (χ0v) is 26.1. The molecule has 3 atom stereocenters. The molecule has 2 heterocycles. The normalized spacial score (nSPS) is 21.9. The molecular formula is C31H36F8NO5P. The molecule has 0 radical (unpaired) electrons. The van der Waals surface area contributed by atoms with Crippen molar-refractivity contribution in [2.75, 3.05) is 19.7 Å². The highest BCUT2D eigenvalue weighted by atomic mass is 31.0. The van der Waals surface area contributed by atoms with Gasteiger partial charge in [0.2, 0.25) is 5.91 Å². The smallest absolute Gasteiger partial charge is 0.435 e. The van der Waals surface area contributed by atoms with Gasteiger partial charge in [-0.2, -0.15) is 26.3 Å². The fraction of sp³-hybridized carbons (Fsp3) is 0.548. The molecule has 1 amide bonds. The van der Waals surface area contributed by atoms with E-state index in [4.69, 9.17) is 14.6 Å². The summed E-state index contributed by atoms with van der Waals surface area (Å²) >= 11 is 0. The number of aliphatic hydroxyl groups is 1. The van der Waals surface area contributed by atoms with Gasteiger partial charge in [0.05, 0.1) is 17.1 Å². The van der Waals surface area contributed by atoms with Crippen molar-refractivity contribution in [1.29, 1.82) is 0 Å². The Morgan fingerprint density at radius 1 is 1.02 bits per heavy atom. The molecule has 1 aliphatic carbocycles. The maximum atomic E-state index is 14.6. The highest BCUT2D eigenvalue weighted by Gasteiger charge is 2.74. The fourth-order valence-corrected chi connectivity index (χ4v) is 6.94. The first kappa shape index (κ1) is 37.5. The number of fused-ring (bicyclic) bond motifs is 3. The number of carbonyl (C=O) groups excluding carboxylic acids is 1. The van der Waals surface area contributed by atoms with Crippen LogP contribution >= 0.6 is 9.24 Å². The number of aliphatic hydroxyl groups excluding tert-OH is 1. The molecule has 2 N–H and O–H groups in total. The van der Waals surface area contributed by atoms with Crippen LogP contribution in [0.15, 0.2) is 42.5 Å². The monoisotopic (exact) mass is 685 g/mol. The molecule has 3 unspecified atom stereocenters. The van der Waals surface area contributed by atoms with Gasteiger partial charge in [-0.05, 0) is 50.8 Å². The van der Waals surface area contributed by atoms with Crippen LogP contribution in [0.3, 0.4) is 0 Å². The minimum absolute atomic E-state index is 0.0846. The molecule has 2 aliphatic heterocycles. The van der Waals surface area contributed by atoms with E-state index >= 15 is 0 Å². The standard InChI is InChI=1S/C23H27F7NO3P.C7H7F.CH2O2/c24-21(22(25,26)27,23(28,29)30)14-5-6-15-16(11-14)34-17-12-31(13-19(15,17)7-4-10-32)18(33)20(35)8-2-1-3-9-20;1-6-2-4-7(8)5-3-6;2-1-3/h5-6,11,17,32H,1-4,7-10,12-13,35H2;2-5H,1H3;1H,(H,2,3). The van der Waals surface area contributed by atoms with Crippen molar-refractivity contribution in [1.82, 2.24) is 4.90 Å². The number of benzene rings is 2. The topological polar surface area (TPSA) is 87.1 Å². The van der Waals surface area contributed by atoms with Gasteiger partial charge in [0.25, 0.3) is 6.47 Å². The predicted octanol–water partition coefficient (Wildman–Crippen LogP) is 7.00. The number of carbonyl (C=O) groups is 2. The van der Waals surface area contributed by atoms with E-state index < -0.39 is 40.3 Å². The van der Waals surface area contributed by atoms with Gasteiger partial charge in [0.1, 0.15) is 17.7 Å². The van der Waals surface area contributed by atoms with Crippen LogP contribution in [0, 0.1) is 12.7 Å². The molecule has 2 aromatic carbocycles. The number of aryl methyl sites for hydroxylation is 1. The minimum Gasteiger partial charge on any atom is -0.487 e. The number of carboxylic acid groups (broad SMARTS) is 1. The van der Waals surface area contributed by atoms with E-state index in [0.717, 1.165) is 30.9 Å². The van der Waals surface area contributed by atoms with E-state index in [1.165, 1.54) is 12.1 Å². The van der Waals surface area contributed by atoms with Gasteiger partial charge in [0.15, 0.2) is 0 Å². The number of rotatable bonds is 5. The first-order chi connectivity index (χ1) is 21.4. The van der Waals surface area contributed by atoms with E-state index in [2.05, 4.69) is 9.24 Å². The van der Waals surface area contributed by atoms with Crippen molar-refractivity contribution < 1.29 is 59.7 Å². The Labute approximate surface area is 263 Å². The maximum absolute atomic E-state index is 14.6. The second kappa shape index (κ2) is 14.4. The third-order valence-corrected chi connectivity index (χ3v) is 9.52. The molecule has 256 valence electrons. The molecule has 6 nitrogen and oxygen atoms in total. The number of hydrogen-bond donors (Lipinski definition) is 2. The van der Waals surface area contributed by atoms with Gasteiger partial charge in [-0.25, -0.2) is 8.78 Å². The minimum atomic E-state index is -6.22. The second-order valence-corrected chi connectivity index (χ2v) is 12.9. The lowest BCUT2D eigenvalue weighted by Gasteiger charge is -2.36. The maximum Gasteiger partial charge on any atom is 0.435 e. The first-order valence-corrected chi connectivity index (χ1v) is 15.1. The molecule has 5 rings (SSSR count). The highest BCUT2D eigenvalue weighted by Crippen LogP contribution is 2.57. The average molecular weight is 686 g/mol. The second-order valence-electron chi connectivity index (χ2n) is 11.8. The third-order valence-electron chi connectivity index (χ3n) is 8.69. The van der Waals surface area contributed by atoms with Crippen LogP contribution in [0.4, 0.5) is 35.1 Å². The van der Waals surface area contributed by atoms with E-state index in [1.807, 2.05) is 6.92 Å². The van der Waals surface area contributed by atoms with E-state index in [0.29, 0.717) is 37.0 Å². The Morgan fingerprint density at radius 2 is 1.59 bits per heavy atom. The Hall–Kier alpha value is -2.99.